The molecule has 0 aliphatic carbocycles. The average molecular weight is 506 g/mol. The quantitative estimate of drug-likeness (QED) is 0.509. The van der Waals surface area contributed by atoms with E-state index in [1.807, 2.05) is 79.7 Å². The van der Waals surface area contributed by atoms with Gasteiger partial charge >= 0.3 is 0 Å². The van der Waals surface area contributed by atoms with Crippen LogP contribution in [0, 0.1) is 19.8 Å². The molecule has 8 heteroatoms. The Kier molecular flexibility index (Phi) is 13.1. The maximum absolute atomic E-state index is 12.9. The van der Waals surface area contributed by atoms with Crippen LogP contribution in [0.2, 0.25) is 0 Å². The normalized spacial score (nSPS) is 17.7. The molecule has 1 aliphatic rings. The van der Waals surface area contributed by atoms with Gasteiger partial charge in [0.05, 0.1) is 34.3 Å². The number of rotatable bonds is 7. The predicted octanol–water partition coefficient (Wildman–Crippen LogP) is 4.64. The lowest BCUT2D eigenvalue weighted by Gasteiger charge is -2.26. The minimum absolute atomic E-state index is 0.133. The first kappa shape index (κ1) is 30.7. The molecule has 196 valence electrons. The fourth-order valence-corrected chi connectivity index (χ4v) is 4.90. The van der Waals surface area contributed by atoms with Gasteiger partial charge in [-0.3, -0.25) is 9.59 Å². The zero-order chi connectivity index (χ0) is 26.7. The Morgan fingerprint density at radius 3 is 2.23 bits per heavy atom. The van der Waals surface area contributed by atoms with Gasteiger partial charge in [0.2, 0.25) is 11.8 Å². The van der Waals surface area contributed by atoms with Crippen molar-refractivity contribution in [3.63, 3.8) is 0 Å². The van der Waals surface area contributed by atoms with Crippen LogP contribution in [0.1, 0.15) is 76.7 Å². The van der Waals surface area contributed by atoms with E-state index in [0.29, 0.717) is 6.42 Å². The molecule has 3 N–H and O–H groups in total. The number of carbonyl (C=O) groups excluding carboxylic acids is 2. The van der Waals surface area contributed by atoms with E-state index in [1.54, 1.807) is 11.3 Å². The molecule has 2 amide bonds. The van der Waals surface area contributed by atoms with E-state index < -0.39 is 18.2 Å². The number of aromatic nitrogens is 1. The first-order valence-corrected chi connectivity index (χ1v) is 13.4. The maximum atomic E-state index is 12.9. The summed E-state index contributed by atoms with van der Waals surface area (Å²) in [6.45, 7) is 15.7. The van der Waals surface area contributed by atoms with Crippen molar-refractivity contribution < 1.29 is 19.8 Å². The van der Waals surface area contributed by atoms with Gasteiger partial charge in [0.25, 0.3) is 0 Å². The van der Waals surface area contributed by atoms with E-state index in [-0.39, 0.29) is 37.3 Å². The van der Waals surface area contributed by atoms with Crippen molar-refractivity contribution >= 4 is 23.2 Å². The molecule has 0 radical (unpaired) electrons. The summed E-state index contributed by atoms with van der Waals surface area (Å²) in [5.41, 5.74) is 2.80. The Morgan fingerprint density at radius 2 is 1.74 bits per heavy atom. The Labute approximate surface area is 214 Å². The highest BCUT2D eigenvalue weighted by molar-refractivity contribution is 7.15. The molecule has 0 bridgehead atoms. The van der Waals surface area contributed by atoms with E-state index in [4.69, 9.17) is 0 Å². The van der Waals surface area contributed by atoms with Crippen LogP contribution in [0.3, 0.4) is 0 Å². The number of hydrogen-bond acceptors (Lipinski definition) is 6. The highest BCUT2D eigenvalue weighted by Crippen LogP contribution is 2.30. The van der Waals surface area contributed by atoms with Gasteiger partial charge in [0.15, 0.2) is 0 Å². The van der Waals surface area contributed by atoms with Crippen molar-refractivity contribution in [2.75, 3.05) is 13.2 Å². The molecule has 3 unspecified atom stereocenters. The number of nitrogens with one attached hydrogen (secondary N) is 1. The fourth-order valence-electron chi connectivity index (χ4n) is 3.97. The van der Waals surface area contributed by atoms with Crippen LogP contribution in [0.25, 0.3) is 10.4 Å². The molecule has 1 saturated heterocycles. The molecular weight excluding hydrogens is 462 g/mol. The van der Waals surface area contributed by atoms with Gasteiger partial charge in [-0.05, 0) is 30.9 Å². The second kappa shape index (κ2) is 15.0. The molecule has 1 aliphatic heterocycles. The number of amides is 2. The standard InChI is InChI=1S/C23H31N3O4S.2C2H6/c1-13(2)9-21(29)26-11-18(28)10-20(26)23(30)25-19(12-27)16-5-7-17(8-6-16)22-14(3)24-15(4)31-22;2*1-2/h5-8,13,18-20,27-28H,9-12H2,1-4H3,(H,25,30);2*1-2H3. The second-order valence-corrected chi connectivity index (χ2v) is 9.77. The summed E-state index contributed by atoms with van der Waals surface area (Å²) in [6.07, 6.45) is -0.181. The molecule has 3 rings (SSSR count). The highest BCUT2D eigenvalue weighted by atomic mass is 32.1. The number of carbonyl (C=O) groups is 2. The van der Waals surface area contributed by atoms with E-state index in [1.165, 1.54) is 4.90 Å². The summed E-state index contributed by atoms with van der Waals surface area (Å²) in [5, 5.41) is 23.8. The molecule has 0 spiro atoms. The third-order valence-electron chi connectivity index (χ3n) is 5.46. The lowest BCUT2D eigenvalue weighted by Crippen LogP contribution is -2.47. The molecule has 1 aromatic carbocycles. The minimum Gasteiger partial charge on any atom is -0.394 e. The SMILES string of the molecule is CC.CC.Cc1nc(C)c(-c2ccc(C(CO)NC(=O)C3CC(O)CN3C(=O)CC(C)C)cc2)s1. The van der Waals surface area contributed by atoms with E-state index >= 15 is 0 Å². The first-order valence-electron chi connectivity index (χ1n) is 12.6. The summed E-state index contributed by atoms with van der Waals surface area (Å²) < 4.78 is 0. The fraction of sp³-hybridized carbons (Fsp3) is 0.593. The molecule has 2 heterocycles. The maximum Gasteiger partial charge on any atom is 0.243 e. The Bertz CT molecular complexity index is 927. The van der Waals surface area contributed by atoms with Gasteiger partial charge in [-0.1, -0.05) is 65.8 Å². The number of thiazole rings is 1. The zero-order valence-corrected chi connectivity index (χ0v) is 23.3. The van der Waals surface area contributed by atoms with Crippen LogP contribution in [0.4, 0.5) is 0 Å². The number of aliphatic hydroxyl groups excluding tert-OH is 2. The largest absolute Gasteiger partial charge is 0.394 e. The van der Waals surface area contributed by atoms with Crippen molar-refractivity contribution in [1.82, 2.24) is 15.2 Å². The topological polar surface area (TPSA) is 103 Å². The summed E-state index contributed by atoms with van der Waals surface area (Å²) in [6, 6.07) is 6.37. The van der Waals surface area contributed by atoms with Crippen molar-refractivity contribution in [2.45, 2.75) is 86.4 Å². The molecule has 1 fully saturated rings. The number of aliphatic hydroxyl groups is 2. The number of likely N-dealkylation sites (tertiary alicyclic amines) is 1. The van der Waals surface area contributed by atoms with Gasteiger partial charge in [-0.15, -0.1) is 11.3 Å². The third kappa shape index (κ3) is 8.40. The number of aryl methyl sites for hydroxylation is 2. The number of β-amino-alcohol motifs (C(OH)–C–C–N with tert-alkyl or cyclic N) is 1. The predicted molar refractivity (Wildman–Crippen MR) is 143 cm³/mol. The molecule has 0 saturated carbocycles. The number of hydrogen-bond donors (Lipinski definition) is 3. The summed E-state index contributed by atoms with van der Waals surface area (Å²) in [7, 11) is 0. The Balaban J connectivity index is 0.00000145. The van der Waals surface area contributed by atoms with Crippen molar-refractivity contribution in [2.24, 2.45) is 5.92 Å². The lowest BCUT2D eigenvalue weighted by molar-refractivity contribution is -0.139. The van der Waals surface area contributed by atoms with Gasteiger partial charge in [0.1, 0.15) is 6.04 Å². The number of nitrogens with zero attached hydrogens (tertiary/aromatic N) is 2. The number of benzene rings is 1. The van der Waals surface area contributed by atoms with Crippen molar-refractivity contribution in [3.05, 3.63) is 40.5 Å². The summed E-state index contributed by atoms with van der Waals surface area (Å²) in [5.74, 6) is -0.318. The highest BCUT2D eigenvalue weighted by Gasteiger charge is 2.39. The minimum atomic E-state index is -0.725. The van der Waals surface area contributed by atoms with Gasteiger partial charge < -0.3 is 20.4 Å². The molecule has 3 atom stereocenters. The zero-order valence-electron chi connectivity index (χ0n) is 22.5. The molecule has 35 heavy (non-hydrogen) atoms. The van der Waals surface area contributed by atoms with Crippen LogP contribution in [0.5, 0.6) is 0 Å². The molecule has 1 aromatic heterocycles. The van der Waals surface area contributed by atoms with E-state index in [2.05, 4.69) is 10.3 Å². The van der Waals surface area contributed by atoms with Crippen molar-refractivity contribution in [1.29, 1.82) is 0 Å². The lowest BCUT2D eigenvalue weighted by atomic mass is 10.0. The van der Waals surface area contributed by atoms with Crippen LogP contribution < -0.4 is 5.32 Å². The van der Waals surface area contributed by atoms with Crippen LogP contribution in [-0.4, -0.2) is 57.2 Å². The van der Waals surface area contributed by atoms with Crippen LogP contribution >= 0.6 is 11.3 Å². The first-order chi connectivity index (χ1) is 16.7. The summed E-state index contributed by atoms with van der Waals surface area (Å²) in [4.78, 5) is 32.5. The van der Waals surface area contributed by atoms with Crippen LogP contribution in [-0.2, 0) is 9.59 Å². The van der Waals surface area contributed by atoms with Crippen molar-refractivity contribution in [3.8, 4) is 10.4 Å². The van der Waals surface area contributed by atoms with Gasteiger partial charge in [0, 0.05) is 19.4 Å². The van der Waals surface area contributed by atoms with Gasteiger partial charge in [-0.25, -0.2) is 4.98 Å². The van der Waals surface area contributed by atoms with E-state index in [0.717, 1.165) is 26.7 Å². The third-order valence-corrected chi connectivity index (χ3v) is 6.58. The monoisotopic (exact) mass is 505 g/mol. The molecular formula is C27H43N3O4S. The van der Waals surface area contributed by atoms with Crippen LogP contribution in [0.15, 0.2) is 24.3 Å². The summed E-state index contributed by atoms with van der Waals surface area (Å²) >= 11 is 1.63. The van der Waals surface area contributed by atoms with E-state index in [9.17, 15) is 19.8 Å². The molecule has 2 aromatic rings. The van der Waals surface area contributed by atoms with Gasteiger partial charge in [-0.2, -0.15) is 0 Å². The molecule has 7 nitrogen and oxygen atoms in total. The average Bonchev–Trinajstić information content (AvgIpc) is 3.41. The Morgan fingerprint density at radius 1 is 1.14 bits per heavy atom. The second-order valence-electron chi connectivity index (χ2n) is 8.56. The Hall–Kier alpha value is -2.29. The smallest absolute Gasteiger partial charge is 0.243 e.